The zero-order chi connectivity index (χ0) is 17.4. The maximum Gasteiger partial charge on any atom is 0.257 e. The Hall–Kier alpha value is -1.75. The van der Waals surface area contributed by atoms with Crippen molar-refractivity contribution >= 4 is 5.91 Å². The highest BCUT2D eigenvalue weighted by Crippen LogP contribution is 2.46. The van der Waals surface area contributed by atoms with Gasteiger partial charge in [0.1, 0.15) is 0 Å². The molecule has 5 heteroatoms. The number of para-hydroxylation sites is 1. The van der Waals surface area contributed by atoms with Crippen LogP contribution in [-0.2, 0) is 0 Å². The van der Waals surface area contributed by atoms with Crippen LogP contribution >= 0.6 is 0 Å². The van der Waals surface area contributed by atoms with Gasteiger partial charge in [0.2, 0.25) is 0 Å². The summed E-state index contributed by atoms with van der Waals surface area (Å²) in [5.41, 5.74) is 0.593. The van der Waals surface area contributed by atoms with Crippen molar-refractivity contribution in [1.29, 1.82) is 0 Å². The summed E-state index contributed by atoms with van der Waals surface area (Å²) >= 11 is 0. The second-order valence-corrected chi connectivity index (χ2v) is 7.61. The monoisotopic (exact) mass is 344 g/mol. The molecule has 1 aromatic rings. The number of hydrogen-bond acceptors (Lipinski definition) is 4. The minimum absolute atomic E-state index is 0.0448. The molecule has 2 bridgehead atoms. The number of carbonyl (C=O) groups is 1. The maximum atomic E-state index is 13.0. The summed E-state index contributed by atoms with van der Waals surface area (Å²) in [4.78, 5) is 17.6. The van der Waals surface area contributed by atoms with Gasteiger partial charge in [-0.25, -0.2) is 0 Å². The van der Waals surface area contributed by atoms with E-state index in [4.69, 9.17) is 9.47 Å². The highest BCUT2D eigenvalue weighted by Gasteiger charge is 2.43. The molecule has 4 rings (SSSR count). The van der Waals surface area contributed by atoms with Crippen molar-refractivity contribution in [1.82, 2.24) is 9.80 Å². The third-order valence-corrected chi connectivity index (χ3v) is 6.40. The third-order valence-electron chi connectivity index (χ3n) is 6.40. The molecule has 3 fully saturated rings. The molecule has 3 aliphatic rings. The van der Waals surface area contributed by atoms with Gasteiger partial charge in [-0.05, 0) is 43.2 Å². The Balaban J connectivity index is 1.42. The fourth-order valence-electron chi connectivity index (χ4n) is 5.14. The van der Waals surface area contributed by atoms with Gasteiger partial charge in [-0.2, -0.15) is 0 Å². The number of rotatable bonds is 4. The van der Waals surface area contributed by atoms with Crippen LogP contribution in [0.15, 0.2) is 18.2 Å². The lowest BCUT2D eigenvalue weighted by molar-refractivity contribution is 0.0493. The number of nitrogens with zero attached hydrogens (tertiary/aromatic N) is 2. The van der Waals surface area contributed by atoms with E-state index in [1.165, 1.54) is 25.7 Å². The van der Waals surface area contributed by atoms with Crippen LogP contribution in [-0.4, -0.2) is 62.1 Å². The first-order chi connectivity index (χ1) is 12.2. The number of piperazine rings is 1. The smallest absolute Gasteiger partial charge is 0.257 e. The zero-order valence-electron chi connectivity index (χ0n) is 15.2. The van der Waals surface area contributed by atoms with Crippen LogP contribution in [0, 0.1) is 11.8 Å². The van der Waals surface area contributed by atoms with E-state index in [-0.39, 0.29) is 5.91 Å². The van der Waals surface area contributed by atoms with Gasteiger partial charge in [0.25, 0.3) is 5.91 Å². The second kappa shape index (κ2) is 6.87. The zero-order valence-corrected chi connectivity index (χ0v) is 15.2. The summed E-state index contributed by atoms with van der Waals surface area (Å²) in [5.74, 6) is 3.06. The SMILES string of the molecule is COc1cccc(C(=O)N2CCN([C@@H]3C[C@@H]4CC[C@@H]3C4)CC2)c1OC. The predicted octanol–water partition coefficient (Wildman–Crippen LogP) is 2.65. The number of methoxy groups -OCH3 is 2. The van der Waals surface area contributed by atoms with Crippen molar-refractivity contribution in [2.45, 2.75) is 31.7 Å². The number of hydrogen-bond donors (Lipinski definition) is 0. The Morgan fingerprint density at radius 3 is 2.44 bits per heavy atom. The van der Waals surface area contributed by atoms with Crippen molar-refractivity contribution in [2.24, 2.45) is 11.8 Å². The summed E-state index contributed by atoms with van der Waals surface area (Å²) in [6.45, 7) is 3.58. The van der Waals surface area contributed by atoms with Crippen LogP contribution in [0.4, 0.5) is 0 Å². The van der Waals surface area contributed by atoms with Gasteiger partial charge in [0.15, 0.2) is 11.5 Å². The molecule has 1 amide bonds. The van der Waals surface area contributed by atoms with Crippen molar-refractivity contribution < 1.29 is 14.3 Å². The van der Waals surface area contributed by atoms with Crippen molar-refractivity contribution in [3.05, 3.63) is 23.8 Å². The molecule has 1 saturated heterocycles. The third kappa shape index (κ3) is 2.99. The van der Waals surface area contributed by atoms with Crippen molar-refractivity contribution in [2.75, 3.05) is 40.4 Å². The molecule has 0 radical (unpaired) electrons. The Bertz CT molecular complexity index is 640. The molecule has 0 N–H and O–H groups in total. The fourth-order valence-corrected chi connectivity index (χ4v) is 5.14. The average molecular weight is 344 g/mol. The molecule has 2 saturated carbocycles. The van der Waals surface area contributed by atoms with Crippen LogP contribution < -0.4 is 9.47 Å². The maximum absolute atomic E-state index is 13.0. The molecular formula is C20H28N2O3. The van der Waals surface area contributed by atoms with E-state index in [1.54, 1.807) is 14.2 Å². The van der Waals surface area contributed by atoms with Crippen LogP contribution in [0.1, 0.15) is 36.0 Å². The van der Waals surface area contributed by atoms with E-state index in [0.717, 1.165) is 44.1 Å². The van der Waals surface area contributed by atoms with Gasteiger partial charge in [0.05, 0.1) is 19.8 Å². The largest absolute Gasteiger partial charge is 0.493 e. The molecule has 25 heavy (non-hydrogen) atoms. The molecule has 1 aromatic carbocycles. The standard InChI is InChI=1S/C20H28N2O3/c1-24-18-5-3-4-16(19(18)25-2)20(23)22-10-8-21(9-11-22)17-13-14-6-7-15(17)12-14/h3-5,14-15,17H,6-13H2,1-2H3/t14-,15-,17-/m1/s1. The van der Waals surface area contributed by atoms with Crippen LogP contribution in [0.5, 0.6) is 11.5 Å². The van der Waals surface area contributed by atoms with Gasteiger partial charge in [0, 0.05) is 32.2 Å². The topological polar surface area (TPSA) is 42.0 Å². The minimum atomic E-state index is 0.0448. The van der Waals surface area contributed by atoms with Gasteiger partial charge in [-0.3, -0.25) is 9.69 Å². The molecule has 3 atom stereocenters. The van der Waals surface area contributed by atoms with Crippen LogP contribution in [0.25, 0.3) is 0 Å². The fraction of sp³-hybridized carbons (Fsp3) is 0.650. The summed E-state index contributed by atoms with van der Waals surface area (Å²) in [7, 11) is 3.18. The normalized spacial score (nSPS) is 29.0. The summed E-state index contributed by atoms with van der Waals surface area (Å²) in [6, 6.07) is 6.26. The first-order valence-electron chi connectivity index (χ1n) is 9.45. The number of ether oxygens (including phenoxy) is 2. The summed E-state index contributed by atoms with van der Waals surface area (Å²) in [6.07, 6.45) is 5.66. The molecule has 5 nitrogen and oxygen atoms in total. The van der Waals surface area contributed by atoms with E-state index in [2.05, 4.69) is 4.90 Å². The first-order valence-corrected chi connectivity index (χ1v) is 9.45. The Morgan fingerprint density at radius 1 is 1.04 bits per heavy atom. The highest BCUT2D eigenvalue weighted by molar-refractivity contribution is 5.97. The number of amides is 1. The number of benzene rings is 1. The van der Waals surface area contributed by atoms with Gasteiger partial charge in [-0.1, -0.05) is 12.5 Å². The van der Waals surface area contributed by atoms with Crippen molar-refractivity contribution in [3.63, 3.8) is 0 Å². The van der Waals surface area contributed by atoms with Gasteiger partial charge < -0.3 is 14.4 Å². The van der Waals surface area contributed by atoms with Crippen molar-refractivity contribution in [3.8, 4) is 11.5 Å². The Morgan fingerprint density at radius 2 is 1.84 bits per heavy atom. The number of carbonyl (C=O) groups excluding carboxylic acids is 1. The average Bonchev–Trinajstić information content (AvgIpc) is 3.30. The molecule has 0 spiro atoms. The van der Waals surface area contributed by atoms with Gasteiger partial charge in [-0.15, -0.1) is 0 Å². The van der Waals surface area contributed by atoms with Crippen LogP contribution in [0.3, 0.4) is 0 Å². The lowest BCUT2D eigenvalue weighted by Gasteiger charge is -2.41. The predicted molar refractivity (Wildman–Crippen MR) is 96.3 cm³/mol. The molecule has 136 valence electrons. The van der Waals surface area contributed by atoms with E-state index in [0.29, 0.717) is 17.1 Å². The van der Waals surface area contributed by atoms with E-state index >= 15 is 0 Å². The molecule has 2 aliphatic carbocycles. The summed E-state index contributed by atoms with van der Waals surface area (Å²) in [5, 5.41) is 0. The lowest BCUT2D eigenvalue weighted by atomic mass is 9.93. The van der Waals surface area contributed by atoms with E-state index < -0.39 is 0 Å². The molecule has 0 aromatic heterocycles. The van der Waals surface area contributed by atoms with E-state index in [1.807, 2.05) is 23.1 Å². The molecule has 1 heterocycles. The molecule has 0 unspecified atom stereocenters. The highest BCUT2D eigenvalue weighted by atomic mass is 16.5. The Labute approximate surface area is 149 Å². The van der Waals surface area contributed by atoms with Crippen LogP contribution in [0.2, 0.25) is 0 Å². The minimum Gasteiger partial charge on any atom is -0.493 e. The second-order valence-electron chi connectivity index (χ2n) is 7.61. The van der Waals surface area contributed by atoms with Gasteiger partial charge >= 0.3 is 0 Å². The first kappa shape index (κ1) is 16.7. The number of fused-ring (bicyclic) bond motifs is 2. The van der Waals surface area contributed by atoms with E-state index in [9.17, 15) is 4.79 Å². The molecule has 1 aliphatic heterocycles. The quantitative estimate of drug-likeness (QED) is 0.842. The molecular weight excluding hydrogens is 316 g/mol. The lowest BCUT2D eigenvalue weighted by Crippen LogP contribution is -2.53. The summed E-state index contributed by atoms with van der Waals surface area (Å²) < 4.78 is 10.8. The Kier molecular flexibility index (Phi) is 4.59.